The highest BCUT2D eigenvalue weighted by molar-refractivity contribution is 5.80. The van der Waals surface area contributed by atoms with Gasteiger partial charge in [0.15, 0.2) is 11.7 Å². The maximum Gasteiger partial charge on any atom is 0.194 e. The fraction of sp³-hybridized carbons (Fsp3) is 0.500. The molecule has 7 heteroatoms. The van der Waals surface area contributed by atoms with E-state index in [1.807, 2.05) is 18.2 Å². The zero-order valence-corrected chi connectivity index (χ0v) is 16.4. The maximum atomic E-state index is 5.50. The Bertz CT molecular complexity index is 750. The first-order chi connectivity index (χ1) is 13.2. The second-order valence-electron chi connectivity index (χ2n) is 6.45. The first kappa shape index (κ1) is 19.1. The Morgan fingerprint density at radius 1 is 1.22 bits per heavy atom. The summed E-state index contributed by atoms with van der Waals surface area (Å²) in [6.07, 6.45) is 0.873. The molecule has 1 saturated heterocycles. The minimum atomic E-state index is 0.502. The summed E-state index contributed by atoms with van der Waals surface area (Å²) >= 11 is 0. The number of hydrogen-bond acceptors (Lipinski definition) is 5. The highest BCUT2D eigenvalue weighted by atomic mass is 16.5. The van der Waals surface area contributed by atoms with Crippen molar-refractivity contribution in [3.8, 4) is 5.75 Å². The Labute approximate surface area is 161 Å². The minimum absolute atomic E-state index is 0.502. The number of methoxy groups -OCH3 is 1. The van der Waals surface area contributed by atoms with Crippen LogP contribution in [0.2, 0.25) is 0 Å². The van der Waals surface area contributed by atoms with E-state index in [2.05, 4.69) is 46.3 Å². The van der Waals surface area contributed by atoms with Crippen LogP contribution in [0.25, 0.3) is 0 Å². The smallest absolute Gasteiger partial charge is 0.194 e. The number of ether oxygens (including phenoxy) is 1. The van der Waals surface area contributed by atoms with Crippen LogP contribution in [0, 0.1) is 0 Å². The number of nitrogens with one attached hydrogen (secondary N) is 1. The van der Waals surface area contributed by atoms with Crippen molar-refractivity contribution in [3.05, 3.63) is 41.8 Å². The van der Waals surface area contributed by atoms with Gasteiger partial charge in [0.05, 0.1) is 18.5 Å². The number of piperazine rings is 1. The van der Waals surface area contributed by atoms with Crippen molar-refractivity contribution in [2.45, 2.75) is 26.8 Å². The van der Waals surface area contributed by atoms with Gasteiger partial charge in [-0.3, -0.25) is 0 Å². The van der Waals surface area contributed by atoms with Gasteiger partial charge in [-0.2, -0.15) is 0 Å². The third-order valence-corrected chi connectivity index (χ3v) is 4.69. The molecule has 0 aliphatic carbocycles. The average Bonchev–Trinajstić information content (AvgIpc) is 3.19. The van der Waals surface area contributed by atoms with Crippen molar-refractivity contribution >= 4 is 11.6 Å². The van der Waals surface area contributed by atoms with Crippen molar-refractivity contribution in [2.75, 3.05) is 44.7 Å². The Morgan fingerprint density at radius 2 is 2.00 bits per heavy atom. The fourth-order valence-corrected chi connectivity index (χ4v) is 3.23. The first-order valence-corrected chi connectivity index (χ1v) is 9.60. The van der Waals surface area contributed by atoms with Gasteiger partial charge >= 0.3 is 0 Å². The lowest BCUT2D eigenvalue weighted by molar-refractivity contribution is 0.361. The molecule has 0 radical (unpaired) electrons. The van der Waals surface area contributed by atoms with E-state index in [-0.39, 0.29) is 0 Å². The molecule has 0 spiro atoms. The average molecular weight is 371 g/mol. The lowest BCUT2D eigenvalue weighted by Crippen LogP contribution is -2.52. The van der Waals surface area contributed by atoms with Crippen LogP contribution in [0.5, 0.6) is 5.75 Å². The number of guanidine groups is 1. The summed E-state index contributed by atoms with van der Waals surface area (Å²) in [4.78, 5) is 9.40. The second kappa shape index (κ2) is 9.30. The molecule has 27 heavy (non-hydrogen) atoms. The Morgan fingerprint density at radius 3 is 2.67 bits per heavy atom. The summed E-state index contributed by atoms with van der Waals surface area (Å²) in [6, 6.07) is 10.2. The first-order valence-electron chi connectivity index (χ1n) is 9.60. The molecule has 0 bridgehead atoms. The standard InChI is InChI=1S/C20H29N5O2/c1-4-16-14-17(27-23-16)15-22-20(21-5-2)25-12-10-24(11-13-25)18-8-6-7-9-19(18)26-3/h6-9,14H,4-5,10-13,15H2,1-3H3,(H,21,22). The maximum absolute atomic E-state index is 5.50. The molecule has 2 aromatic rings. The van der Waals surface area contributed by atoms with E-state index in [0.29, 0.717) is 6.54 Å². The Balaban J connectivity index is 1.63. The number of benzene rings is 1. The monoisotopic (exact) mass is 371 g/mol. The normalized spacial score (nSPS) is 15.1. The van der Waals surface area contributed by atoms with E-state index in [9.17, 15) is 0 Å². The number of rotatable bonds is 6. The van der Waals surface area contributed by atoms with Crippen molar-refractivity contribution in [1.29, 1.82) is 0 Å². The number of para-hydroxylation sites is 2. The van der Waals surface area contributed by atoms with Crippen molar-refractivity contribution in [1.82, 2.24) is 15.4 Å². The number of nitrogens with zero attached hydrogens (tertiary/aromatic N) is 4. The molecule has 1 aromatic heterocycles. The quantitative estimate of drug-likeness (QED) is 0.622. The van der Waals surface area contributed by atoms with Crippen molar-refractivity contribution in [2.24, 2.45) is 4.99 Å². The Kier molecular flexibility index (Phi) is 6.57. The van der Waals surface area contributed by atoms with Gasteiger partial charge < -0.3 is 24.4 Å². The fourth-order valence-electron chi connectivity index (χ4n) is 3.23. The number of anilines is 1. The molecule has 1 N–H and O–H groups in total. The van der Waals surface area contributed by atoms with Crippen LogP contribution in [0.3, 0.4) is 0 Å². The third-order valence-electron chi connectivity index (χ3n) is 4.69. The van der Waals surface area contributed by atoms with Crippen LogP contribution in [0.15, 0.2) is 39.8 Å². The van der Waals surface area contributed by atoms with Gasteiger partial charge in [-0.25, -0.2) is 4.99 Å². The molecule has 0 unspecified atom stereocenters. The molecule has 1 aliphatic heterocycles. The van der Waals surface area contributed by atoms with Crippen LogP contribution in [0.4, 0.5) is 5.69 Å². The van der Waals surface area contributed by atoms with Crippen LogP contribution in [-0.2, 0) is 13.0 Å². The summed E-state index contributed by atoms with van der Waals surface area (Å²) in [6.45, 7) is 9.14. The molecule has 0 amide bonds. The van der Waals surface area contributed by atoms with Gasteiger partial charge in [0, 0.05) is 38.8 Å². The molecule has 1 aromatic carbocycles. The number of aromatic nitrogens is 1. The summed E-state index contributed by atoms with van der Waals surface area (Å²) in [5.41, 5.74) is 2.12. The summed E-state index contributed by atoms with van der Waals surface area (Å²) < 4.78 is 10.8. The van der Waals surface area contributed by atoms with E-state index in [4.69, 9.17) is 14.3 Å². The lowest BCUT2D eigenvalue weighted by Gasteiger charge is -2.38. The molecule has 0 saturated carbocycles. The molecule has 0 atom stereocenters. The zero-order chi connectivity index (χ0) is 19.1. The number of aryl methyl sites for hydroxylation is 1. The minimum Gasteiger partial charge on any atom is -0.495 e. The Hall–Kier alpha value is -2.70. The summed E-state index contributed by atoms with van der Waals surface area (Å²) in [5.74, 6) is 2.64. The summed E-state index contributed by atoms with van der Waals surface area (Å²) in [5, 5.41) is 7.43. The summed E-state index contributed by atoms with van der Waals surface area (Å²) in [7, 11) is 1.72. The van der Waals surface area contributed by atoms with Crippen LogP contribution < -0.4 is 15.0 Å². The van der Waals surface area contributed by atoms with E-state index < -0.39 is 0 Å². The largest absolute Gasteiger partial charge is 0.495 e. The topological polar surface area (TPSA) is 66.1 Å². The van der Waals surface area contributed by atoms with Crippen LogP contribution in [0.1, 0.15) is 25.3 Å². The third kappa shape index (κ3) is 4.72. The molecular formula is C20H29N5O2. The van der Waals surface area contributed by atoms with Gasteiger partial charge in [-0.05, 0) is 25.5 Å². The lowest BCUT2D eigenvalue weighted by atomic mass is 10.2. The van der Waals surface area contributed by atoms with Crippen molar-refractivity contribution in [3.63, 3.8) is 0 Å². The number of hydrogen-bond donors (Lipinski definition) is 1. The zero-order valence-electron chi connectivity index (χ0n) is 16.4. The highest BCUT2D eigenvalue weighted by Gasteiger charge is 2.21. The highest BCUT2D eigenvalue weighted by Crippen LogP contribution is 2.28. The van der Waals surface area contributed by atoms with Crippen molar-refractivity contribution < 1.29 is 9.26 Å². The van der Waals surface area contributed by atoms with Gasteiger partial charge in [-0.1, -0.05) is 24.2 Å². The van der Waals surface area contributed by atoms with Crippen LogP contribution >= 0.6 is 0 Å². The molecule has 2 heterocycles. The molecule has 146 valence electrons. The predicted octanol–water partition coefficient (Wildman–Crippen LogP) is 2.53. The molecule has 7 nitrogen and oxygen atoms in total. The predicted molar refractivity (Wildman–Crippen MR) is 107 cm³/mol. The second-order valence-corrected chi connectivity index (χ2v) is 6.45. The van der Waals surface area contributed by atoms with Gasteiger partial charge in [0.2, 0.25) is 0 Å². The van der Waals surface area contributed by atoms with E-state index >= 15 is 0 Å². The van der Waals surface area contributed by atoms with Gasteiger partial charge in [0.1, 0.15) is 12.3 Å². The molecule has 1 aliphatic rings. The SMILES string of the molecule is CCNC(=NCc1cc(CC)no1)N1CCN(c2ccccc2OC)CC1. The molecule has 3 rings (SSSR count). The number of aliphatic imine (C=N–C) groups is 1. The van der Waals surface area contributed by atoms with Gasteiger partial charge in [0.25, 0.3) is 0 Å². The van der Waals surface area contributed by atoms with E-state index in [1.165, 1.54) is 0 Å². The molecule has 1 fully saturated rings. The van der Waals surface area contributed by atoms with Crippen LogP contribution in [-0.4, -0.2) is 55.8 Å². The van der Waals surface area contributed by atoms with E-state index in [0.717, 1.165) is 68.0 Å². The van der Waals surface area contributed by atoms with Gasteiger partial charge in [-0.15, -0.1) is 0 Å². The van der Waals surface area contributed by atoms with E-state index in [1.54, 1.807) is 7.11 Å². The molecular weight excluding hydrogens is 342 g/mol.